The van der Waals surface area contributed by atoms with Crippen LogP contribution < -0.4 is 0 Å². The number of aliphatic hydroxyl groups excluding tert-OH is 1. The second kappa shape index (κ2) is 5.50. The Morgan fingerprint density at radius 3 is 2.62 bits per heavy atom. The number of nitrogens with zero attached hydrogens (tertiary/aromatic N) is 1. The Bertz CT molecular complexity index is 215. The van der Waals surface area contributed by atoms with Gasteiger partial charge in [-0.1, -0.05) is 13.8 Å². The van der Waals surface area contributed by atoms with Crippen LogP contribution >= 0.6 is 0 Å². The lowest BCUT2D eigenvalue weighted by Gasteiger charge is -2.42. The molecule has 2 fully saturated rings. The van der Waals surface area contributed by atoms with Crippen molar-refractivity contribution < 1.29 is 5.11 Å². The van der Waals surface area contributed by atoms with Crippen molar-refractivity contribution in [2.24, 2.45) is 17.8 Å². The van der Waals surface area contributed by atoms with Gasteiger partial charge in [0.1, 0.15) is 0 Å². The van der Waals surface area contributed by atoms with Crippen LogP contribution in [0.25, 0.3) is 0 Å². The van der Waals surface area contributed by atoms with Crippen LogP contribution in [0.5, 0.6) is 0 Å². The summed E-state index contributed by atoms with van der Waals surface area (Å²) in [5.41, 5.74) is 0. The summed E-state index contributed by atoms with van der Waals surface area (Å²) in [5.74, 6) is 2.34. The van der Waals surface area contributed by atoms with Crippen LogP contribution in [-0.2, 0) is 0 Å². The Morgan fingerprint density at radius 2 is 1.94 bits per heavy atom. The number of rotatable bonds is 2. The molecule has 16 heavy (non-hydrogen) atoms. The number of likely N-dealkylation sites (tertiary alicyclic amines) is 1. The van der Waals surface area contributed by atoms with Crippen LogP contribution in [0.4, 0.5) is 0 Å². The van der Waals surface area contributed by atoms with Gasteiger partial charge < -0.3 is 10.0 Å². The predicted octanol–water partition coefficient (Wildman–Crippen LogP) is 2.52. The normalized spacial score (nSPS) is 42.2. The van der Waals surface area contributed by atoms with Gasteiger partial charge >= 0.3 is 0 Å². The van der Waals surface area contributed by atoms with E-state index in [0.717, 1.165) is 24.4 Å². The number of hydrogen-bond donors (Lipinski definition) is 1. The summed E-state index contributed by atoms with van der Waals surface area (Å²) in [6, 6.07) is 0.806. The molecular weight excluding hydrogens is 198 g/mol. The minimum Gasteiger partial charge on any atom is -0.396 e. The zero-order valence-electron chi connectivity index (χ0n) is 10.9. The molecule has 1 saturated heterocycles. The molecular formula is C14H27NO. The average molecular weight is 225 g/mol. The van der Waals surface area contributed by atoms with Crippen LogP contribution in [0, 0.1) is 17.8 Å². The molecule has 1 N–H and O–H groups in total. The maximum atomic E-state index is 9.27. The van der Waals surface area contributed by atoms with Crippen molar-refractivity contribution in [1.82, 2.24) is 4.90 Å². The van der Waals surface area contributed by atoms with Gasteiger partial charge in [-0.2, -0.15) is 0 Å². The monoisotopic (exact) mass is 225 g/mol. The van der Waals surface area contributed by atoms with Crippen LogP contribution in [0.3, 0.4) is 0 Å². The predicted molar refractivity (Wildman–Crippen MR) is 67.3 cm³/mol. The Morgan fingerprint density at radius 1 is 1.12 bits per heavy atom. The third-order valence-corrected chi connectivity index (χ3v) is 4.90. The fourth-order valence-corrected chi connectivity index (χ4v) is 3.43. The van der Waals surface area contributed by atoms with E-state index in [2.05, 4.69) is 18.7 Å². The standard InChI is InChI=1S/C14H27NO/c1-11-5-6-14(8-12(11)2)15-7-3-4-13(9-15)10-16/h11-14,16H,3-10H2,1-2H3. The van der Waals surface area contributed by atoms with Crippen molar-refractivity contribution in [3.05, 3.63) is 0 Å². The van der Waals surface area contributed by atoms with Gasteiger partial charge in [-0.25, -0.2) is 0 Å². The quantitative estimate of drug-likeness (QED) is 0.780. The van der Waals surface area contributed by atoms with Crippen LogP contribution in [-0.4, -0.2) is 35.7 Å². The summed E-state index contributed by atoms with van der Waals surface area (Å²) >= 11 is 0. The number of hydrogen-bond acceptors (Lipinski definition) is 2. The van der Waals surface area contributed by atoms with Crippen molar-refractivity contribution in [2.45, 2.75) is 52.0 Å². The molecule has 1 aliphatic carbocycles. The summed E-state index contributed by atoms with van der Waals surface area (Å²) in [7, 11) is 0. The van der Waals surface area contributed by atoms with Crippen molar-refractivity contribution >= 4 is 0 Å². The molecule has 2 rings (SSSR count). The van der Waals surface area contributed by atoms with Gasteiger partial charge in [-0.15, -0.1) is 0 Å². The third-order valence-electron chi connectivity index (χ3n) is 4.90. The third kappa shape index (κ3) is 2.78. The van der Waals surface area contributed by atoms with Gasteiger partial charge in [0.2, 0.25) is 0 Å². The Balaban J connectivity index is 1.87. The summed E-state index contributed by atoms with van der Waals surface area (Å²) in [6.07, 6.45) is 6.66. The molecule has 0 radical (unpaired) electrons. The second-order valence-corrected chi connectivity index (χ2v) is 6.11. The molecule has 94 valence electrons. The first kappa shape index (κ1) is 12.4. The minimum atomic E-state index is 0.384. The first-order valence-electron chi connectivity index (χ1n) is 7.05. The summed E-state index contributed by atoms with van der Waals surface area (Å²) in [6.45, 7) is 7.59. The van der Waals surface area contributed by atoms with Gasteiger partial charge in [-0.3, -0.25) is 0 Å². The van der Waals surface area contributed by atoms with E-state index in [-0.39, 0.29) is 0 Å². The van der Waals surface area contributed by atoms with Gasteiger partial charge in [-0.05, 0) is 56.4 Å². The number of aliphatic hydroxyl groups is 1. The van der Waals surface area contributed by atoms with E-state index in [1.165, 1.54) is 38.6 Å². The SMILES string of the molecule is CC1CCC(N2CCCC(CO)C2)CC1C. The molecule has 1 heterocycles. The van der Waals surface area contributed by atoms with Crippen molar-refractivity contribution in [1.29, 1.82) is 0 Å². The largest absolute Gasteiger partial charge is 0.396 e. The smallest absolute Gasteiger partial charge is 0.0471 e. The van der Waals surface area contributed by atoms with Gasteiger partial charge in [0.05, 0.1) is 0 Å². The molecule has 0 aromatic rings. The Hall–Kier alpha value is -0.0800. The first-order chi connectivity index (χ1) is 7.70. The molecule has 0 aromatic carbocycles. The van der Waals surface area contributed by atoms with Crippen LogP contribution in [0.15, 0.2) is 0 Å². The zero-order valence-corrected chi connectivity index (χ0v) is 10.9. The highest BCUT2D eigenvalue weighted by molar-refractivity contribution is 4.85. The van der Waals surface area contributed by atoms with E-state index >= 15 is 0 Å². The van der Waals surface area contributed by atoms with E-state index in [4.69, 9.17) is 0 Å². The van der Waals surface area contributed by atoms with E-state index in [1.54, 1.807) is 0 Å². The van der Waals surface area contributed by atoms with Crippen LogP contribution in [0.1, 0.15) is 46.0 Å². The Labute approximate surface area is 100 Å². The maximum absolute atomic E-state index is 9.27. The fraction of sp³-hybridized carbons (Fsp3) is 1.00. The van der Waals surface area contributed by atoms with E-state index in [9.17, 15) is 5.11 Å². The molecule has 4 unspecified atom stereocenters. The fourth-order valence-electron chi connectivity index (χ4n) is 3.43. The molecule has 1 saturated carbocycles. The molecule has 0 spiro atoms. The van der Waals surface area contributed by atoms with E-state index in [1.807, 2.05) is 0 Å². The molecule has 0 amide bonds. The second-order valence-electron chi connectivity index (χ2n) is 6.11. The zero-order chi connectivity index (χ0) is 11.5. The lowest BCUT2D eigenvalue weighted by molar-refractivity contribution is 0.0519. The van der Waals surface area contributed by atoms with Crippen molar-refractivity contribution in [2.75, 3.05) is 19.7 Å². The molecule has 2 heteroatoms. The van der Waals surface area contributed by atoms with Gasteiger partial charge in [0.25, 0.3) is 0 Å². The molecule has 1 aliphatic heterocycles. The Kier molecular flexibility index (Phi) is 4.26. The highest BCUT2D eigenvalue weighted by atomic mass is 16.3. The number of piperidine rings is 1. The maximum Gasteiger partial charge on any atom is 0.0471 e. The molecule has 2 aliphatic rings. The molecule has 4 atom stereocenters. The summed E-state index contributed by atoms with van der Waals surface area (Å²) in [4.78, 5) is 2.66. The van der Waals surface area contributed by atoms with Crippen molar-refractivity contribution in [3.8, 4) is 0 Å². The minimum absolute atomic E-state index is 0.384. The van der Waals surface area contributed by atoms with Gasteiger partial charge in [0.15, 0.2) is 0 Å². The van der Waals surface area contributed by atoms with Crippen molar-refractivity contribution in [3.63, 3.8) is 0 Å². The summed E-state index contributed by atoms with van der Waals surface area (Å²) in [5, 5.41) is 9.27. The van der Waals surface area contributed by atoms with Crippen LogP contribution in [0.2, 0.25) is 0 Å². The molecule has 0 aromatic heterocycles. The van der Waals surface area contributed by atoms with E-state index in [0.29, 0.717) is 12.5 Å². The average Bonchev–Trinajstić information content (AvgIpc) is 2.33. The highest BCUT2D eigenvalue weighted by Gasteiger charge is 2.31. The topological polar surface area (TPSA) is 23.5 Å². The van der Waals surface area contributed by atoms with E-state index < -0.39 is 0 Å². The highest BCUT2D eigenvalue weighted by Crippen LogP contribution is 2.33. The lowest BCUT2D eigenvalue weighted by atomic mass is 9.78. The molecule has 2 nitrogen and oxygen atoms in total. The first-order valence-corrected chi connectivity index (χ1v) is 7.05. The van der Waals surface area contributed by atoms with Gasteiger partial charge in [0, 0.05) is 19.2 Å². The summed E-state index contributed by atoms with van der Waals surface area (Å²) < 4.78 is 0. The molecule has 0 bridgehead atoms. The lowest BCUT2D eigenvalue weighted by Crippen LogP contribution is -2.46.